The summed E-state index contributed by atoms with van der Waals surface area (Å²) in [5, 5.41) is 4.92. The van der Waals surface area contributed by atoms with E-state index >= 15 is 0 Å². The summed E-state index contributed by atoms with van der Waals surface area (Å²) in [5.74, 6) is 0. The molecule has 2 nitrogen and oxygen atoms in total. The van der Waals surface area contributed by atoms with Crippen molar-refractivity contribution in [3.05, 3.63) is 36.0 Å². The third kappa shape index (κ3) is 2.32. The molecule has 1 N–H and O–H groups in total. The van der Waals surface area contributed by atoms with Crippen LogP contribution in [0.1, 0.15) is 38.3 Å². The topological polar surface area (TPSA) is 24.9 Å². The van der Waals surface area contributed by atoms with E-state index in [0.29, 0.717) is 5.41 Å². The molecule has 2 aromatic rings. The van der Waals surface area contributed by atoms with Gasteiger partial charge in [0.2, 0.25) is 0 Å². The summed E-state index contributed by atoms with van der Waals surface area (Å²) in [6.45, 7) is 5.48. The minimum absolute atomic E-state index is 0.540. The first-order valence-electron chi connectivity index (χ1n) is 7.33. The molecule has 0 saturated heterocycles. The van der Waals surface area contributed by atoms with Crippen molar-refractivity contribution in [1.82, 2.24) is 4.98 Å². The van der Waals surface area contributed by atoms with Crippen LogP contribution in [0, 0.1) is 12.3 Å². The Morgan fingerprint density at radius 3 is 2.74 bits per heavy atom. The van der Waals surface area contributed by atoms with Gasteiger partial charge < -0.3 is 5.32 Å². The number of anilines is 1. The smallest absolute Gasteiger partial charge is 0.0725 e. The summed E-state index contributed by atoms with van der Waals surface area (Å²) >= 11 is 0. The van der Waals surface area contributed by atoms with Gasteiger partial charge in [-0.3, -0.25) is 4.98 Å². The number of nitrogens with one attached hydrogen (secondary N) is 1. The summed E-state index contributed by atoms with van der Waals surface area (Å²) in [4.78, 5) is 4.60. The molecule has 1 fully saturated rings. The van der Waals surface area contributed by atoms with E-state index in [9.17, 15) is 0 Å². The van der Waals surface area contributed by atoms with Crippen molar-refractivity contribution < 1.29 is 0 Å². The Morgan fingerprint density at radius 1 is 1.26 bits per heavy atom. The summed E-state index contributed by atoms with van der Waals surface area (Å²) in [6.07, 6.45) is 5.42. The molecule has 3 rings (SSSR count). The molecule has 1 aliphatic carbocycles. The van der Waals surface area contributed by atoms with Gasteiger partial charge in [-0.15, -0.1) is 0 Å². The highest BCUT2D eigenvalue weighted by molar-refractivity contribution is 5.91. The van der Waals surface area contributed by atoms with Crippen molar-refractivity contribution in [2.45, 2.75) is 39.5 Å². The number of benzene rings is 1. The van der Waals surface area contributed by atoms with E-state index in [4.69, 9.17) is 0 Å². The van der Waals surface area contributed by atoms with Crippen LogP contribution in [0.3, 0.4) is 0 Å². The first kappa shape index (κ1) is 12.5. The number of aryl methyl sites for hydroxylation is 1. The van der Waals surface area contributed by atoms with Gasteiger partial charge >= 0.3 is 0 Å². The van der Waals surface area contributed by atoms with Gasteiger partial charge in [-0.1, -0.05) is 31.5 Å². The Balaban J connectivity index is 1.88. The van der Waals surface area contributed by atoms with Crippen LogP contribution < -0.4 is 5.32 Å². The van der Waals surface area contributed by atoms with E-state index in [1.165, 1.54) is 36.8 Å². The number of nitrogens with zero attached hydrogens (tertiary/aromatic N) is 1. The van der Waals surface area contributed by atoms with Crippen molar-refractivity contribution in [2.24, 2.45) is 5.41 Å². The maximum atomic E-state index is 4.60. The van der Waals surface area contributed by atoms with Gasteiger partial charge in [0, 0.05) is 23.3 Å². The Bertz CT molecular complexity index is 579. The van der Waals surface area contributed by atoms with E-state index in [0.717, 1.165) is 17.8 Å². The maximum Gasteiger partial charge on any atom is 0.0725 e. The van der Waals surface area contributed by atoms with E-state index in [1.54, 1.807) is 0 Å². The van der Waals surface area contributed by atoms with Crippen LogP contribution in [0.25, 0.3) is 10.9 Å². The Labute approximate surface area is 115 Å². The van der Waals surface area contributed by atoms with Gasteiger partial charge in [0.05, 0.1) is 5.52 Å². The first-order valence-corrected chi connectivity index (χ1v) is 7.33. The highest BCUT2D eigenvalue weighted by Gasteiger charge is 2.34. The van der Waals surface area contributed by atoms with Crippen molar-refractivity contribution >= 4 is 16.6 Å². The number of fused-ring (bicyclic) bond motifs is 1. The van der Waals surface area contributed by atoms with E-state index in [-0.39, 0.29) is 0 Å². The number of pyridine rings is 1. The summed E-state index contributed by atoms with van der Waals surface area (Å²) in [6, 6.07) is 10.6. The lowest BCUT2D eigenvalue weighted by molar-refractivity contribution is 0.145. The molecule has 1 saturated carbocycles. The van der Waals surface area contributed by atoms with Crippen LogP contribution in [0.4, 0.5) is 5.69 Å². The quantitative estimate of drug-likeness (QED) is 0.866. The van der Waals surface area contributed by atoms with Gasteiger partial charge in [-0.2, -0.15) is 0 Å². The summed E-state index contributed by atoms with van der Waals surface area (Å²) < 4.78 is 0. The highest BCUT2D eigenvalue weighted by atomic mass is 14.9. The average molecular weight is 254 g/mol. The standard InChI is InChI=1S/C17H22N2/c1-3-17(9-6-10-17)12-18-16-11-13(2)19-15-8-5-4-7-14(15)16/h4-5,7-8,11H,3,6,9-10,12H2,1-2H3,(H,18,19). The average Bonchev–Trinajstić information content (AvgIpc) is 2.37. The lowest BCUT2D eigenvalue weighted by Gasteiger charge is -2.41. The monoisotopic (exact) mass is 254 g/mol. The molecule has 2 heteroatoms. The molecular weight excluding hydrogens is 232 g/mol. The zero-order valence-electron chi connectivity index (χ0n) is 11.9. The molecule has 1 aromatic carbocycles. The van der Waals surface area contributed by atoms with E-state index in [2.05, 4.69) is 54.5 Å². The molecule has 0 atom stereocenters. The number of rotatable bonds is 4. The largest absolute Gasteiger partial charge is 0.384 e. The second kappa shape index (κ2) is 4.84. The molecule has 0 amide bonds. The number of hydrogen-bond donors (Lipinski definition) is 1. The predicted molar refractivity (Wildman–Crippen MR) is 81.5 cm³/mol. The van der Waals surface area contributed by atoms with Crippen LogP contribution in [0.2, 0.25) is 0 Å². The minimum atomic E-state index is 0.540. The Morgan fingerprint density at radius 2 is 2.05 bits per heavy atom. The predicted octanol–water partition coefficient (Wildman–Crippen LogP) is 4.54. The van der Waals surface area contributed by atoms with Crippen LogP contribution in [-0.2, 0) is 0 Å². The molecule has 19 heavy (non-hydrogen) atoms. The lowest BCUT2D eigenvalue weighted by atomic mass is 9.67. The molecular formula is C17H22N2. The highest BCUT2D eigenvalue weighted by Crippen LogP contribution is 2.44. The lowest BCUT2D eigenvalue weighted by Crippen LogP contribution is -2.35. The van der Waals surface area contributed by atoms with E-state index in [1.807, 2.05) is 0 Å². The van der Waals surface area contributed by atoms with Gasteiger partial charge in [-0.25, -0.2) is 0 Å². The molecule has 0 bridgehead atoms. The SMILES string of the molecule is CCC1(CNc2cc(C)nc3ccccc23)CCC1. The fraction of sp³-hybridized carbons (Fsp3) is 0.471. The number of hydrogen-bond acceptors (Lipinski definition) is 2. The first-order chi connectivity index (χ1) is 9.22. The molecule has 1 aliphatic rings. The van der Waals surface area contributed by atoms with Gasteiger partial charge in [0.1, 0.15) is 0 Å². The Kier molecular flexibility index (Phi) is 3.17. The number of aromatic nitrogens is 1. The molecule has 1 aromatic heterocycles. The van der Waals surface area contributed by atoms with Crippen molar-refractivity contribution in [3.63, 3.8) is 0 Å². The fourth-order valence-corrected chi connectivity index (χ4v) is 3.07. The van der Waals surface area contributed by atoms with E-state index < -0.39 is 0 Å². The molecule has 0 radical (unpaired) electrons. The van der Waals surface area contributed by atoms with Crippen LogP contribution in [-0.4, -0.2) is 11.5 Å². The molecule has 0 spiro atoms. The third-order valence-corrected chi connectivity index (χ3v) is 4.66. The second-order valence-electron chi connectivity index (χ2n) is 5.89. The normalized spacial score (nSPS) is 17.2. The van der Waals surface area contributed by atoms with Crippen LogP contribution in [0.15, 0.2) is 30.3 Å². The summed E-state index contributed by atoms with van der Waals surface area (Å²) in [7, 11) is 0. The second-order valence-corrected chi connectivity index (χ2v) is 5.89. The molecule has 0 aliphatic heterocycles. The van der Waals surface area contributed by atoms with Gasteiger partial charge in [0.25, 0.3) is 0 Å². The van der Waals surface area contributed by atoms with Crippen LogP contribution >= 0.6 is 0 Å². The minimum Gasteiger partial charge on any atom is -0.384 e. The number of para-hydroxylation sites is 1. The third-order valence-electron chi connectivity index (χ3n) is 4.66. The maximum absolute atomic E-state index is 4.60. The van der Waals surface area contributed by atoms with Crippen LogP contribution in [0.5, 0.6) is 0 Å². The fourth-order valence-electron chi connectivity index (χ4n) is 3.07. The zero-order chi connectivity index (χ0) is 13.3. The van der Waals surface area contributed by atoms with Crippen molar-refractivity contribution in [1.29, 1.82) is 0 Å². The summed E-state index contributed by atoms with van der Waals surface area (Å²) in [5.41, 5.74) is 3.95. The molecule has 0 unspecified atom stereocenters. The Hall–Kier alpha value is -1.57. The zero-order valence-corrected chi connectivity index (χ0v) is 11.9. The molecule has 100 valence electrons. The van der Waals surface area contributed by atoms with Gasteiger partial charge in [-0.05, 0) is 43.7 Å². The van der Waals surface area contributed by atoms with Crippen molar-refractivity contribution in [3.8, 4) is 0 Å². The van der Waals surface area contributed by atoms with Gasteiger partial charge in [0.15, 0.2) is 0 Å². The molecule has 1 heterocycles. The van der Waals surface area contributed by atoms with Crippen molar-refractivity contribution in [2.75, 3.05) is 11.9 Å².